The molecule has 15 heteroatoms. The normalized spacial score (nSPS) is 26.2. The van der Waals surface area contributed by atoms with Crippen LogP contribution in [0.5, 0.6) is 5.75 Å². The van der Waals surface area contributed by atoms with Gasteiger partial charge in [0.05, 0.1) is 45.7 Å². The quantitative estimate of drug-likeness (QED) is 0.118. The molecule has 56 heavy (non-hydrogen) atoms. The van der Waals surface area contributed by atoms with Crippen LogP contribution in [0.25, 0.3) is 0 Å². The maximum absolute atomic E-state index is 15.2. The average molecular weight is 839 g/mol. The highest BCUT2D eigenvalue weighted by Gasteiger charge is 2.70. The van der Waals surface area contributed by atoms with Gasteiger partial charge < -0.3 is 5.11 Å². The maximum Gasteiger partial charge on any atom is 0.416 e. The minimum Gasteiger partial charge on any atom is -0.508 e. The van der Waals surface area contributed by atoms with Gasteiger partial charge >= 0.3 is 12.4 Å². The Kier molecular flexibility index (Phi) is 8.75. The Bertz CT molecular complexity index is 2320. The molecule has 6 atom stereocenters. The number of fused-ring (bicyclic) bond motifs is 4. The molecule has 4 aliphatic rings. The molecule has 2 heterocycles. The Balaban J connectivity index is 1.31. The number of carbonyl (C=O) groups is 4. The minimum absolute atomic E-state index is 0.0836. The number of carbonyl (C=O) groups excluding carboxylic acids is 4. The van der Waals surface area contributed by atoms with Crippen LogP contribution in [0.4, 0.5) is 37.7 Å². The summed E-state index contributed by atoms with van der Waals surface area (Å²) in [4.78, 5) is 58.9. The van der Waals surface area contributed by atoms with E-state index in [1.807, 2.05) is 6.92 Å². The van der Waals surface area contributed by atoms with E-state index < -0.39 is 87.8 Å². The van der Waals surface area contributed by atoms with E-state index in [0.29, 0.717) is 38.3 Å². The van der Waals surface area contributed by atoms with Crippen molar-refractivity contribution in [3.63, 3.8) is 0 Å². The molecule has 3 fully saturated rings. The molecule has 0 aromatic heterocycles. The van der Waals surface area contributed by atoms with Gasteiger partial charge in [-0.15, -0.1) is 0 Å². The van der Waals surface area contributed by atoms with E-state index >= 15 is 4.79 Å². The molecule has 2 aliphatic heterocycles. The van der Waals surface area contributed by atoms with Crippen LogP contribution in [0.2, 0.25) is 0 Å². The van der Waals surface area contributed by atoms with Crippen molar-refractivity contribution in [3.8, 4) is 5.75 Å². The SMILES string of the molecule is Cc1ccc(NN2C(=O)C3CC4C(=CCC5C(=O)N(c6cc(C(F)(F)F)cc(C(F)(F)F)c6)C(=O)C54)C(c4cc(Br)ccc4O)C3(c3ccccc3)C2=O)cc1. The number of halogens is 7. The van der Waals surface area contributed by atoms with Gasteiger partial charge in [-0.05, 0) is 79.8 Å². The number of allylic oxidation sites excluding steroid dienone is 2. The number of benzene rings is 4. The molecule has 8 nitrogen and oxygen atoms in total. The first-order valence-corrected chi connectivity index (χ1v) is 18.3. The predicted octanol–water partition coefficient (Wildman–Crippen LogP) is 8.69. The molecular formula is C41H30BrF6N3O5. The zero-order chi connectivity index (χ0) is 40.1. The standard InChI is InChI=1S/C41H30BrF6N3O5/c1-20-7-10-25(11-8-20)49-51-36(54)31-19-29-27(34(30-18-24(42)9-14-32(30)52)39(31,38(51)56)21-5-3-2-4-6-21)12-13-28-33(29)37(55)50(35(28)53)26-16-22(40(43,44)45)15-23(17-26)41(46,47)48/h2-12,14-18,28-29,31,33-34,49,52H,13,19H2,1H3. The zero-order valence-electron chi connectivity index (χ0n) is 29.2. The molecule has 0 spiro atoms. The number of nitrogens with zero attached hydrogens (tertiary/aromatic N) is 2. The second-order valence-corrected chi connectivity index (χ2v) is 15.5. The molecule has 4 amide bonds. The summed E-state index contributed by atoms with van der Waals surface area (Å²) in [6, 6.07) is 20.6. The van der Waals surface area contributed by atoms with Crippen molar-refractivity contribution in [2.45, 2.75) is 43.5 Å². The summed E-state index contributed by atoms with van der Waals surface area (Å²) in [5.74, 6) is -9.43. The molecule has 0 radical (unpaired) electrons. The summed E-state index contributed by atoms with van der Waals surface area (Å²) in [6.07, 6.45) is -9.15. The summed E-state index contributed by atoms with van der Waals surface area (Å²) >= 11 is 3.45. The number of phenolic OH excluding ortho intramolecular Hbond substituents is 1. The lowest BCUT2D eigenvalue weighted by atomic mass is 9.49. The lowest BCUT2D eigenvalue weighted by molar-refractivity contribution is -0.143. The van der Waals surface area contributed by atoms with E-state index in [9.17, 15) is 45.8 Å². The molecule has 8 rings (SSSR count). The highest BCUT2D eigenvalue weighted by atomic mass is 79.9. The van der Waals surface area contributed by atoms with Gasteiger partial charge in [0, 0.05) is 16.0 Å². The van der Waals surface area contributed by atoms with Crippen LogP contribution in [0, 0.1) is 30.6 Å². The van der Waals surface area contributed by atoms with Gasteiger partial charge in [-0.3, -0.25) is 24.6 Å². The first-order chi connectivity index (χ1) is 26.4. The van der Waals surface area contributed by atoms with Crippen LogP contribution in [-0.4, -0.2) is 33.7 Å². The smallest absolute Gasteiger partial charge is 0.416 e. The monoisotopic (exact) mass is 837 g/mol. The summed E-state index contributed by atoms with van der Waals surface area (Å²) < 4.78 is 83.9. The Hall–Kier alpha value is -5.44. The second-order valence-electron chi connectivity index (χ2n) is 14.6. The lowest BCUT2D eigenvalue weighted by Gasteiger charge is -2.50. The number of imide groups is 2. The number of amides is 4. The van der Waals surface area contributed by atoms with E-state index in [4.69, 9.17) is 0 Å². The van der Waals surface area contributed by atoms with Crippen molar-refractivity contribution in [1.82, 2.24) is 5.01 Å². The fourth-order valence-electron chi connectivity index (χ4n) is 9.17. The highest BCUT2D eigenvalue weighted by molar-refractivity contribution is 9.10. The molecule has 2 N–H and O–H groups in total. The number of nitrogens with one attached hydrogen (secondary N) is 1. The third-order valence-electron chi connectivity index (χ3n) is 11.5. The number of aromatic hydroxyl groups is 1. The summed E-state index contributed by atoms with van der Waals surface area (Å²) in [7, 11) is 0. The fourth-order valence-corrected chi connectivity index (χ4v) is 9.55. The number of hydrogen-bond acceptors (Lipinski definition) is 6. The van der Waals surface area contributed by atoms with Gasteiger partial charge in [0.2, 0.25) is 11.8 Å². The van der Waals surface area contributed by atoms with Crippen molar-refractivity contribution in [2.24, 2.45) is 23.7 Å². The molecule has 288 valence electrons. The molecule has 4 aromatic carbocycles. The van der Waals surface area contributed by atoms with Crippen LogP contribution in [-0.2, 0) is 36.9 Å². The third-order valence-corrected chi connectivity index (χ3v) is 12.0. The summed E-state index contributed by atoms with van der Waals surface area (Å²) in [5, 5.41) is 12.4. The van der Waals surface area contributed by atoms with Crippen LogP contribution < -0.4 is 10.3 Å². The number of hydrogen-bond donors (Lipinski definition) is 2. The molecule has 2 saturated heterocycles. The van der Waals surface area contributed by atoms with E-state index in [0.717, 1.165) is 10.6 Å². The molecule has 4 aromatic rings. The zero-order valence-corrected chi connectivity index (χ0v) is 30.7. The van der Waals surface area contributed by atoms with Gasteiger partial charge in [0.1, 0.15) is 5.75 Å². The summed E-state index contributed by atoms with van der Waals surface area (Å²) in [5.41, 5.74) is -0.605. The van der Waals surface area contributed by atoms with E-state index in [1.165, 1.54) is 6.07 Å². The van der Waals surface area contributed by atoms with Crippen molar-refractivity contribution >= 4 is 50.9 Å². The van der Waals surface area contributed by atoms with Crippen LogP contribution >= 0.6 is 15.9 Å². The molecule has 0 bridgehead atoms. The molecular weight excluding hydrogens is 808 g/mol. The molecule has 2 aliphatic carbocycles. The maximum atomic E-state index is 15.2. The van der Waals surface area contributed by atoms with Crippen molar-refractivity contribution in [3.05, 3.63) is 135 Å². The predicted molar refractivity (Wildman–Crippen MR) is 194 cm³/mol. The van der Waals surface area contributed by atoms with Gasteiger partial charge in [0.15, 0.2) is 0 Å². The Morgan fingerprint density at radius 3 is 2.05 bits per heavy atom. The molecule has 6 unspecified atom stereocenters. The topological polar surface area (TPSA) is 107 Å². The second kappa shape index (κ2) is 13.1. The van der Waals surface area contributed by atoms with E-state index in [2.05, 4.69) is 21.4 Å². The number of anilines is 2. The Morgan fingerprint density at radius 2 is 1.43 bits per heavy atom. The largest absolute Gasteiger partial charge is 0.508 e. The number of alkyl halides is 6. The number of hydrazine groups is 1. The van der Waals surface area contributed by atoms with Crippen LogP contribution in [0.1, 0.15) is 46.6 Å². The lowest BCUT2D eigenvalue weighted by Crippen LogP contribution is -2.53. The van der Waals surface area contributed by atoms with Crippen LogP contribution in [0.15, 0.2) is 107 Å². The fraction of sp³-hybridized carbons (Fsp3) is 0.268. The Morgan fingerprint density at radius 1 is 0.786 bits per heavy atom. The average Bonchev–Trinajstić information content (AvgIpc) is 3.53. The first kappa shape index (κ1) is 37.5. The number of aryl methyl sites for hydroxylation is 1. The molecule has 1 saturated carbocycles. The van der Waals surface area contributed by atoms with Crippen molar-refractivity contribution in [2.75, 3.05) is 10.3 Å². The van der Waals surface area contributed by atoms with E-state index in [1.54, 1.807) is 72.8 Å². The highest BCUT2D eigenvalue weighted by Crippen LogP contribution is 2.65. The van der Waals surface area contributed by atoms with E-state index in [-0.39, 0.29) is 30.2 Å². The third kappa shape index (κ3) is 5.72. The minimum atomic E-state index is -5.24. The van der Waals surface area contributed by atoms with Crippen molar-refractivity contribution in [1.29, 1.82) is 0 Å². The van der Waals surface area contributed by atoms with Gasteiger partial charge in [0.25, 0.3) is 11.8 Å². The summed E-state index contributed by atoms with van der Waals surface area (Å²) in [6.45, 7) is 1.87. The van der Waals surface area contributed by atoms with Gasteiger partial charge in [-0.25, -0.2) is 4.90 Å². The van der Waals surface area contributed by atoms with Gasteiger partial charge in [-0.2, -0.15) is 31.4 Å². The Labute approximate surface area is 323 Å². The van der Waals surface area contributed by atoms with Gasteiger partial charge in [-0.1, -0.05) is 75.6 Å². The van der Waals surface area contributed by atoms with Crippen LogP contribution in [0.3, 0.4) is 0 Å². The van der Waals surface area contributed by atoms with Crippen molar-refractivity contribution < 1.29 is 50.6 Å². The number of rotatable bonds is 5. The number of phenols is 1. The first-order valence-electron chi connectivity index (χ1n) is 17.6.